The Hall–Kier alpha value is -1.93. The Morgan fingerprint density at radius 2 is 1.55 bits per heavy atom. The average molecular weight is 294 g/mol. The van der Waals surface area contributed by atoms with Gasteiger partial charge in [0.15, 0.2) is 0 Å². The first-order valence-electron chi connectivity index (χ1n) is 7.75. The van der Waals surface area contributed by atoms with Gasteiger partial charge in [-0.05, 0) is 29.0 Å². The highest BCUT2D eigenvalue weighted by molar-refractivity contribution is 5.77. The standard InChI is InChI=1S/C20H22O2/c1-14(21)13-18-19(2,3)16-11-7-8-12-17(16)20(18,22)15-9-5-4-6-10-15/h4-12,18,22H,13H2,1-3H3. The number of carbonyl (C=O) groups excluding carboxylic acids is 1. The molecule has 3 rings (SSSR count). The zero-order valence-electron chi connectivity index (χ0n) is 13.3. The largest absolute Gasteiger partial charge is 0.380 e. The number of aliphatic hydroxyl groups is 1. The van der Waals surface area contributed by atoms with Crippen LogP contribution in [0.5, 0.6) is 0 Å². The fourth-order valence-electron chi connectivity index (χ4n) is 4.01. The van der Waals surface area contributed by atoms with E-state index >= 15 is 0 Å². The molecule has 0 heterocycles. The highest BCUT2D eigenvalue weighted by atomic mass is 16.3. The summed E-state index contributed by atoms with van der Waals surface area (Å²) in [7, 11) is 0. The van der Waals surface area contributed by atoms with Crippen molar-refractivity contribution < 1.29 is 9.90 Å². The van der Waals surface area contributed by atoms with Gasteiger partial charge in [-0.3, -0.25) is 0 Å². The minimum Gasteiger partial charge on any atom is -0.380 e. The van der Waals surface area contributed by atoms with E-state index in [1.54, 1.807) is 6.92 Å². The first kappa shape index (κ1) is 15.0. The van der Waals surface area contributed by atoms with E-state index in [1.165, 1.54) is 0 Å². The van der Waals surface area contributed by atoms with Crippen LogP contribution in [-0.4, -0.2) is 10.9 Å². The molecule has 2 aromatic rings. The Labute approximate surface area is 131 Å². The van der Waals surface area contributed by atoms with E-state index in [0.29, 0.717) is 6.42 Å². The molecule has 2 atom stereocenters. The molecule has 0 spiro atoms. The van der Waals surface area contributed by atoms with Crippen molar-refractivity contribution >= 4 is 5.78 Å². The molecule has 0 bridgehead atoms. The molecule has 1 aliphatic rings. The first-order chi connectivity index (χ1) is 10.4. The number of fused-ring (bicyclic) bond motifs is 1. The lowest BCUT2D eigenvalue weighted by atomic mass is 9.69. The molecule has 0 aliphatic heterocycles. The molecule has 0 radical (unpaired) electrons. The van der Waals surface area contributed by atoms with Crippen molar-refractivity contribution in [3.63, 3.8) is 0 Å². The molecule has 1 N–H and O–H groups in total. The van der Waals surface area contributed by atoms with E-state index in [9.17, 15) is 9.90 Å². The fourth-order valence-corrected chi connectivity index (χ4v) is 4.01. The van der Waals surface area contributed by atoms with Crippen molar-refractivity contribution in [1.82, 2.24) is 0 Å². The van der Waals surface area contributed by atoms with E-state index in [-0.39, 0.29) is 17.1 Å². The number of ketones is 1. The van der Waals surface area contributed by atoms with Crippen molar-refractivity contribution in [2.24, 2.45) is 5.92 Å². The molecule has 2 unspecified atom stereocenters. The summed E-state index contributed by atoms with van der Waals surface area (Å²) in [6, 6.07) is 17.7. The van der Waals surface area contributed by atoms with E-state index in [1.807, 2.05) is 48.5 Å². The van der Waals surface area contributed by atoms with Gasteiger partial charge in [0, 0.05) is 12.3 Å². The molecule has 0 amide bonds. The molecular formula is C20H22O2. The lowest BCUT2D eigenvalue weighted by Crippen LogP contribution is -2.40. The van der Waals surface area contributed by atoms with E-state index in [0.717, 1.165) is 16.7 Å². The van der Waals surface area contributed by atoms with Crippen molar-refractivity contribution in [2.45, 2.75) is 38.2 Å². The minimum atomic E-state index is -1.12. The van der Waals surface area contributed by atoms with Gasteiger partial charge in [-0.15, -0.1) is 0 Å². The van der Waals surface area contributed by atoms with Gasteiger partial charge in [-0.2, -0.15) is 0 Å². The van der Waals surface area contributed by atoms with Crippen LogP contribution in [0, 0.1) is 5.92 Å². The molecule has 2 nitrogen and oxygen atoms in total. The average Bonchev–Trinajstić information content (AvgIpc) is 2.68. The predicted molar refractivity (Wildman–Crippen MR) is 87.7 cm³/mol. The zero-order valence-corrected chi connectivity index (χ0v) is 13.3. The maximum atomic E-state index is 11.8. The van der Waals surface area contributed by atoms with Crippen LogP contribution in [0.2, 0.25) is 0 Å². The van der Waals surface area contributed by atoms with Gasteiger partial charge < -0.3 is 9.90 Å². The highest BCUT2D eigenvalue weighted by Crippen LogP contribution is 2.56. The summed E-state index contributed by atoms with van der Waals surface area (Å²) in [5.74, 6) is -0.0578. The summed E-state index contributed by atoms with van der Waals surface area (Å²) in [6.07, 6.45) is 0.368. The van der Waals surface area contributed by atoms with Crippen molar-refractivity contribution in [1.29, 1.82) is 0 Å². The Morgan fingerprint density at radius 1 is 1.00 bits per heavy atom. The Kier molecular flexibility index (Phi) is 3.45. The number of hydrogen-bond acceptors (Lipinski definition) is 2. The van der Waals surface area contributed by atoms with Crippen LogP contribution in [0.4, 0.5) is 0 Å². The number of hydrogen-bond donors (Lipinski definition) is 1. The van der Waals surface area contributed by atoms with Crippen molar-refractivity contribution in [3.8, 4) is 0 Å². The Morgan fingerprint density at radius 3 is 2.14 bits per heavy atom. The number of Topliss-reactive ketones (excluding diaryl/α,β-unsaturated/α-hetero) is 1. The third-order valence-electron chi connectivity index (χ3n) is 5.11. The van der Waals surface area contributed by atoms with Crippen LogP contribution in [-0.2, 0) is 15.8 Å². The van der Waals surface area contributed by atoms with Crippen LogP contribution in [0.3, 0.4) is 0 Å². The summed E-state index contributed by atoms with van der Waals surface area (Å²) < 4.78 is 0. The molecule has 1 aliphatic carbocycles. The van der Waals surface area contributed by atoms with Crippen molar-refractivity contribution in [3.05, 3.63) is 71.3 Å². The van der Waals surface area contributed by atoms with Gasteiger partial charge in [0.05, 0.1) is 0 Å². The van der Waals surface area contributed by atoms with Gasteiger partial charge in [-0.1, -0.05) is 68.4 Å². The summed E-state index contributed by atoms with van der Waals surface area (Å²) in [4.78, 5) is 11.8. The molecule has 0 fully saturated rings. The second-order valence-corrected chi connectivity index (χ2v) is 6.86. The lowest BCUT2D eigenvalue weighted by Gasteiger charge is -2.37. The van der Waals surface area contributed by atoms with E-state index < -0.39 is 5.60 Å². The molecule has 2 aromatic carbocycles. The van der Waals surface area contributed by atoms with Gasteiger partial charge in [0.2, 0.25) is 0 Å². The third kappa shape index (κ3) is 2.02. The monoisotopic (exact) mass is 294 g/mol. The van der Waals surface area contributed by atoms with Gasteiger partial charge in [0.25, 0.3) is 0 Å². The van der Waals surface area contributed by atoms with Gasteiger partial charge >= 0.3 is 0 Å². The summed E-state index contributed by atoms with van der Waals surface area (Å²) >= 11 is 0. The maximum absolute atomic E-state index is 11.8. The minimum absolute atomic E-state index is 0.111. The molecule has 0 saturated heterocycles. The molecule has 0 aromatic heterocycles. The van der Waals surface area contributed by atoms with Crippen LogP contribution in [0.1, 0.15) is 43.9 Å². The van der Waals surface area contributed by atoms with E-state index in [2.05, 4.69) is 19.9 Å². The SMILES string of the molecule is CC(=O)CC1C(C)(C)c2ccccc2C1(O)c1ccccc1. The number of rotatable bonds is 3. The highest BCUT2D eigenvalue weighted by Gasteiger charge is 2.56. The molecule has 114 valence electrons. The fraction of sp³-hybridized carbons (Fsp3) is 0.350. The number of carbonyl (C=O) groups is 1. The zero-order chi connectivity index (χ0) is 16.0. The summed E-state index contributed by atoms with van der Waals surface area (Å²) in [6.45, 7) is 5.85. The molecular weight excluding hydrogens is 272 g/mol. The molecule has 2 heteroatoms. The third-order valence-corrected chi connectivity index (χ3v) is 5.11. The molecule has 0 saturated carbocycles. The second-order valence-electron chi connectivity index (χ2n) is 6.86. The smallest absolute Gasteiger partial charge is 0.130 e. The van der Waals surface area contributed by atoms with E-state index in [4.69, 9.17) is 0 Å². The van der Waals surface area contributed by atoms with Crippen molar-refractivity contribution in [2.75, 3.05) is 0 Å². The topological polar surface area (TPSA) is 37.3 Å². The number of benzene rings is 2. The van der Waals surface area contributed by atoms with Crippen LogP contribution in [0.15, 0.2) is 54.6 Å². The van der Waals surface area contributed by atoms with Gasteiger partial charge in [0.1, 0.15) is 11.4 Å². The van der Waals surface area contributed by atoms with Crippen LogP contribution < -0.4 is 0 Å². The Balaban J connectivity index is 2.27. The summed E-state index contributed by atoms with van der Waals surface area (Å²) in [5.41, 5.74) is 1.55. The molecule has 22 heavy (non-hydrogen) atoms. The second kappa shape index (κ2) is 5.06. The predicted octanol–water partition coefficient (Wildman–Crippen LogP) is 3.81. The Bertz CT molecular complexity index is 703. The lowest BCUT2D eigenvalue weighted by molar-refractivity contribution is -0.121. The van der Waals surface area contributed by atoms with Gasteiger partial charge in [-0.25, -0.2) is 0 Å². The van der Waals surface area contributed by atoms with Crippen LogP contribution in [0.25, 0.3) is 0 Å². The quantitative estimate of drug-likeness (QED) is 0.934. The maximum Gasteiger partial charge on any atom is 0.130 e. The first-order valence-corrected chi connectivity index (χ1v) is 7.75. The summed E-state index contributed by atoms with van der Waals surface area (Å²) in [5, 5.41) is 11.7. The normalized spacial score (nSPS) is 25.7. The van der Waals surface area contributed by atoms with Crippen LogP contribution >= 0.6 is 0 Å².